The molecule has 0 radical (unpaired) electrons. The van der Waals surface area contributed by atoms with Gasteiger partial charge in [0.25, 0.3) is 0 Å². The van der Waals surface area contributed by atoms with Gasteiger partial charge in [-0.05, 0) is 36.8 Å². The molecule has 4 nitrogen and oxygen atoms in total. The van der Waals surface area contributed by atoms with E-state index in [2.05, 4.69) is 15.3 Å². The zero-order valence-electron chi connectivity index (χ0n) is 12.2. The van der Waals surface area contributed by atoms with Gasteiger partial charge in [0.2, 0.25) is 5.91 Å². The fourth-order valence-electron chi connectivity index (χ4n) is 2.06. The Morgan fingerprint density at radius 1 is 1.22 bits per heavy atom. The normalized spacial score (nSPS) is 10.5. The number of nitrogens with zero attached hydrogens (tertiary/aromatic N) is 2. The van der Waals surface area contributed by atoms with Crippen LogP contribution in [0.15, 0.2) is 54.0 Å². The fourth-order valence-corrected chi connectivity index (χ4v) is 3.08. The summed E-state index contributed by atoms with van der Waals surface area (Å²) < 4.78 is 0. The molecule has 3 aromatic rings. The first-order valence-electron chi connectivity index (χ1n) is 7.12. The van der Waals surface area contributed by atoms with Crippen LogP contribution in [0.1, 0.15) is 12.1 Å². The molecule has 1 N–H and O–H groups in total. The number of amides is 1. The maximum atomic E-state index is 12.0. The van der Waals surface area contributed by atoms with Crippen molar-refractivity contribution >= 4 is 34.5 Å². The number of halogens is 1. The molecule has 0 atom stereocenters. The van der Waals surface area contributed by atoms with Crippen LogP contribution < -0.4 is 5.32 Å². The number of rotatable bonds is 5. The van der Waals surface area contributed by atoms with Crippen molar-refractivity contribution in [2.45, 2.75) is 12.8 Å². The molecular weight excluding hydrogens is 330 g/mol. The van der Waals surface area contributed by atoms with Crippen molar-refractivity contribution in [1.29, 1.82) is 0 Å². The number of aryl methyl sites for hydroxylation is 1. The van der Waals surface area contributed by atoms with Crippen molar-refractivity contribution in [3.8, 4) is 10.7 Å². The summed E-state index contributed by atoms with van der Waals surface area (Å²) in [6.07, 6.45) is 2.71. The van der Waals surface area contributed by atoms with Gasteiger partial charge in [-0.2, -0.15) is 0 Å². The zero-order valence-corrected chi connectivity index (χ0v) is 13.8. The van der Waals surface area contributed by atoms with E-state index in [1.807, 2.05) is 29.6 Å². The lowest BCUT2D eigenvalue weighted by atomic mass is 10.2. The number of aromatic nitrogens is 2. The molecule has 0 aliphatic heterocycles. The summed E-state index contributed by atoms with van der Waals surface area (Å²) in [6.45, 7) is 0. The fraction of sp³-hybridized carbons (Fsp3) is 0.118. The Bertz CT molecular complexity index is 804. The van der Waals surface area contributed by atoms with Gasteiger partial charge in [0.05, 0.1) is 11.4 Å². The highest BCUT2D eigenvalue weighted by Gasteiger charge is 2.08. The van der Waals surface area contributed by atoms with Crippen molar-refractivity contribution in [2.24, 2.45) is 0 Å². The Kier molecular flexibility index (Phi) is 5.00. The van der Waals surface area contributed by atoms with Crippen molar-refractivity contribution in [3.05, 3.63) is 64.8 Å². The Hall–Kier alpha value is -2.24. The van der Waals surface area contributed by atoms with E-state index in [1.165, 1.54) is 11.3 Å². The molecule has 1 aromatic carbocycles. The quantitative estimate of drug-likeness (QED) is 0.745. The summed E-state index contributed by atoms with van der Waals surface area (Å²) in [7, 11) is 0. The summed E-state index contributed by atoms with van der Waals surface area (Å²) in [5, 5.41) is 6.27. The highest BCUT2D eigenvalue weighted by Crippen LogP contribution is 2.22. The largest absolute Gasteiger partial charge is 0.326 e. The van der Waals surface area contributed by atoms with Gasteiger partial charge >= 0.3 is 0 Å². The second-order valence-electron chi connectivity index (χ2n) is 4.92. The summed E-state index contributed by atoms with van der Waals surface area (Å²) in [6, 6.07) is 12.8. The van der Waals surface area contributed by atoms with Crippen LogP contribution in [0.2, 0.25) is 5.02 Å². The first kappa shape index (κ1) is 15.6. The second kappa shape index (κ2) is 7.35. The van der Waals surface area contributed by atoms with Gasteiger partial charge in [-0.1, -0.05) is 23.7 Å². The van der Waals surface area contributed by atoms with E-state index < -0.39 is 0 Å². The van der Waals surface area contributed by atoms with Gasteiger partial charge in [-0.3, -0.25) is 9.78 Å². The minimum absolute atomic E-state index is 0.0559. The highest BCUT2D eigenvalue weighted by molar-refractivity contribution is 7.13. The molecule has 3 rings (SSSR count). The number of hydrogen-bond donors (Lipinski definition) is 1. The SMILES string of the molecule is O=C(CCc1csc(-c2ccccn2)n1)Nc1cccc(Cl)c1. The van der Waals surface area contributed by atoms with E-state index in [9.17, 15) is 4.79 Å². The average Bonchev–Trinajstić information content (AvgIpc) is 3.03. The van der Waals surface area contributed by atoms with Gasteiger partial charge in [0.1, 0.15) is 5.01 Å². The lowest BCUT2D eigenvalue weighted by molar-refractivity contribution is -0.116. The van der Waals surface area contributed by atoms with Crippen molar-refractivity contribution in [2.75, 3.05) is 5.32 Å². The Balaban J connectivity index is 1.56. The number of benzene rings is 1. The topological polar surface area (TPSA) is 54.9 Å². The molecule has 0 saturated heterocycles. The number of anilines is 1. The Morgan fingerprint density at radius 3 is 2.91 bits per heavy atom. The van der Waals surface area contributed by atoms with Gasteiger partial charge in [-0.25, -0.2) is 4.98 Å². The van der Waals surface area contributed by atoms with E-state index in [0.717, 1.165) is 16.4 Å². The van der Waals surface area contributed by atoms with Crippen LogP contribution in [-0.2, 0) is 11.2 Å². The molecular formula is C17H14ClN3OS. The van der Waals surface area contributed by atoms with Crippen LogP contribution in [0.4, 0.5) is 5.69 Å². The van der Waals surface area contributed by atoms with Gasteiger partial charge in [0, 0.05) is 28.7 Å². The van der Waals surface area contributed by atoms with E-state index in [-0.39, 0.29) is 5.91 Å². The molecule has 6 heteroatoms. The zero-order chi connectivity index (χ0) is 16.1. The molecule has 0 saturated carbocycles. The van der Waals surface area contributed by atoms with Crippen LogP contribution >= 0.6 is 22.9 Å². The molecule has 0 fully saturated rings. The van der Waals surface area contributed by atoms with Crippen molar-refractivity contribution in [1.82, 2.24) is 9.97 Å². The maximum Gasteiger partial charge on any atom is 0.224 e. The van der Waals surface area contributed by atoms with Gasteiger partial charge in [-0.15, -0.1) is 11.3 Å². The molecule has 0 bridgehead atoms. The smallest absolute Gasteiger partial charge is 0.224 e. The molecule has 0 unspecified atom stereocenters. The van der Waals surface area contributed by atoms with E-state index in [1.54, 1.807) is 24.4 Å². The summed E-state index contributed by atoms with van der Waals surface area (Å²) in [5.41, 5.74) is 2.46. The van der Waals surface area contributed by atoms with E-state index in [0.29, 0.717) is 23.6 Å². The predicted molar refractivity (Wildman–Crippen MR) is 93.7 cm³/mol. The third-order valence-electron chi connectivity index (χ3n) is 3.15. The molecule has 0 aliphatic carbocycles. The number of carbonyl (C=O) groups excluding carboxylic acids is 1. The summed E-state index contributed by atoms with van der Waals surface area (Å²) >= 11 is 7.43. The highest BCUT2D eigenvalue weighted by atomic mass is 35.5. The monoisotopic (exact) mass is 343 g/mol. The third kappa shape index (κ3) is 4.37. The van der Waals surface area contributed by atoms with Crippen LogP contribution in [-0.4, -0.2) is 15.9 Å². The van der Waals surface area contributed by atoms with Crippen molar-refractivity contribution < 1.29 is 4.79 Å². The Morgan fingerprint density at radius 2 is 2.13 bits per heavy atom. The van der Waals surface area contributed by atoms with Crippen LogP contribution in [0, 0.1) is 0 Å². The number of hydrogen-bond acceptors (Lipinski definition) is 4. The lowest BCUT2D eigenvalue weighted by Gasteiger charge is -2.04. The molecule has 0 spiro atoms. The number of nitrogens with one attached hydrogen (secondary N) is 1. The second-order valence-corrected chi connectivity index (χ2v) is 6.21. The van der Waals surface area contributed by atoms with Crippen LogP contribution in [0.5, 0.6) is 0 Å². The standard InChI is InChI=1S/C17H14ClN3OS/c18-12-4-3-5-13(10-12)20-16(22)8-7-14-11-23-17(21-14)15-6-1-2-9-19-15/h1-6,9-11H,7-8H2,(H,20,22). The number of thiazole rings is 1. The lowest BCUT2D eigenvalue weighted by Crippen LogP contribution is -2.12. The predicted octanol–water partition coefficient (Wildman–Crippen LogP) is 4.43. The minimum Gasteiger partial charge on any atom is -0.326 e. The first-order chi connectivity index (χ1) is 11.2. The summed E-state index contributed by atoms with van der Waals surface area (Å²) in [4.78, 5) is 20.8. The molecule has 116 valence electrons. The minimum atomic E-state index is -0.0559. The van der Waals surface area contributed by atoms with Crippen LogP contribution in [0.3, 0.4) is 0 Å². The molecule has 0 aliphatic rings. The van der Waals surface area contributed by atoms with Gasteiger partial charge < -0.3 is 5.32 Å². The maximum absolute atomic E-state index is 12.0. The van der Waals surface area contributed by atoms with E-state index >= 15 is 0 Å². The molecule has 23 heavy (non-hydrogen) atoms. The summed E-state index contributed by atoms with van der Waals surface area (Å²) in [5.74, 6) is -0.0559. The van der Waals surface area contributed by atoms with E-state index in [4.69, 9.17) is 11.6 Å². The molecule has 1 amide bonds. The number of carbonyl (C=O) groups is 1. The number of pyridine rings is 1. The molecule has 2 aromatic heterocycles. The Labute approximate surface area is 143 Å². The average molecular weight is 344 g/mol. The third-order valence-corrected chi connectivity index (χ3v) is 4.30. The van der Waals surface area contributed by atoms with Gasteiger partial charge in [0.15, 0.2) is 0 Å². The molecule has 2 heterocycles. The van der Waals surface area contributed by atoms with Crippen LogP contribution in [0.25, 0.3) is 10.7 Å². The first-order valence-corrected chi connectivity index (χ1v) is 8.38. The van der Waals surface area contributed by atoms with Crippen molar-refractivity contribution in [3.63, 3.8) is 0 Å².